The fourth-order valence-electron chi connectivity index (χ4n) is 3.58. The molecule has 0 fully saturated rings. The average molecular weight is 335 g/mol. The number of rotatable bonds is 2. The van der Waals surface area contributed by atoms with Gasteiger partial charge in [-0.3, -0.25) is 0 Å². The topological polar surface area (TPSA) is 57.4 Å². The molecular formula is C20H21N3O2. The second-order valence-electron chi connectivity index (χ2n) is 6.34. The molecule has 1 aliphatic heterocycles. The molecule has 0 saturated heterocycles. The first-order valence-corrected chi connectivity index (χ1v) is 8.48. The number of ether oxygens (including phenoxy) is 1. The van der Waals surface area contributed by atoms with Gasteiger partial charge in [0.05, 0.1) is 13.2 Å². The van der Waals surface area contributed by atoms with Crippen LogP contribution in [-0.4, -0.2) is 29.6 Å². The SMILES string of the molecule is COc1ccc(NC(=O)N2CCc3c([nH]c4ccccc34)[C@@H]2C)cc1. The minimum absolute atomic E-state index is 0.00870. The number of amides is 2. The molecule has 0 radical (unpaired) electrons. The molecule has 128 valence electrons. The molecule has 2 aromatic carbocycles. The van der Waals surface area contributed by atoms with Gasteiger partial charge < -0.3 is 19.9 Å². The highest BCUT2D eigenvalue weighted by atomic mass is 16.5. The first-order chi connectivity index (χ1) is 12.2. The molecule has 0 bridgehead atoms. The van der Waals surface area contributed by atoms with Crippen LogP contribution in [0.2, 0.25) is 0 Å². The first kappa shape index (κ1) is 15.6. The molecule has 2 amide bonds. The van der Waals surface area contributed by atoms with Crippen molar-refractivity contribution in [2.24, 2.45) is 0 Å². The van der Waals surface area contributed by atoms with Gasteiger partial charge in [0, 0.05) is 28.8 Å². The number of aromatic nitrogens is 1. The number of nitrogens with one attached hydrogen (secondary N) is 2. The van der Waals surface area contributed by atoms with Crippen molar-refractivity contribution in [2.75, 3.05) is 19.0 Å². The van der Waals surface area contributed by atoms with Crippen LogP contribution < -0.4 is 10.1 Å². The zero-order chi connectivity index (χ0) is 17.4. The number of aromatic amines is 1. The lowest BCUT2D eigenvalue weighted by atomic mass is 9.98. The van der Waals surface area contributed by atoms with E-state index in [0.717, 1.165) is 29.1 Å². The molecule has 3 aromatic rings. The summed E-state index contributed by atoms with van der Waals surface area (Å²) in [5.74, 6) is 0.770. The standard InChI is InChI=1S/C20H21N3O2/c1-13-19-17(16-5-3-4-6-18(16)22-19)11-12-23(13)20(24)21-14-7-9-15(25-2)10-8-14/h3-10,13,22H,11-12H2,1-2H3,(H,21,24)/t13-/m0/s1. The Bertz CT molecular complexity index is 914. The maximum Gasteiger partial charge on any atom is 0.322 e. The molecule has 0 aliphatic carbocycles. The molecule has 4 rings (SSSR count). The van der Waals surface area contributed by atoms with Gasteiger partial charge in [-0.05, 0) is 49.2 Å². The fourth-order valence-corrected chi connectivity index (χ4v) is 3.58. The largest absolute Gasteiger partial charge is 0.497 e. The summed E-state index contributed by atoms with van der Waals surface area (Å²) < 4.78 is 5.15. The number of carbonyl (C=O) groups excluding carboxylic acids is 1. The smallest absolute Gasteiger partial charge is 0.322 e. The molecule has 0 spiro atoms. The number of para-hydroxylation sites is 1. The van der Waals surface area contributed by atoms with E-state index < -0.39 is 0 Å². The van der Waals surface area contributed by atoms with Gasteiger partial charge in [0.15, 0.2) is 0 Å². The predicted molar refractivity (Wildman–Crippen MR) is 99.1 cm³/mol. The van der Waals surface area contributed by atoms with Crippen LogP contribution in [0, 0.1) is 0 Å². The van der Waals surface area contributed by atoms with Crippen molar-refractivity contribution < 1.29 is 9.53 Å². The van der Waals surface area contributed by atoms with Gasteiger partial charge in [0.2, 0.25) is 0 Å². The fraction of sp³-hybridized carbons (Fsp3) is 0.250. The van der Waals surface area contributed by atoms with Crippen molar-refractivity contribution in [1.82, 2.24) is 9.88 Å². The quantitative estimate of drug-likeness (QED) is 0.732. The van der Waals surface area contributed by atoms with Crippen molar-refractivity contribution in [3.8, 4) is 5.75 Å². The number of fused-ring (bicyclic) bond motifs is 3. The highest BCUT2D eigenvalue weighted by molar-refractivity contribution is 5.91. The average Bonchev–Trinajstić information content (AvgIpc) is 3.02. The van der Waals surface area contributed by atoms with Gasteiger partial charge in [-0.15, -0.1) is 0 Å². The molecule has 0 saturated carbocycles. The summed E-state index contributed by atoms with van der Waals surface area (Å²) in [5, 5.41) is 4.24. The van der Waals surface area contributed by atoms with Gasteiger partial charge in [-0.2, -0.15) is 0 Å². The number of hydrogen-bond donors (Lipinski definition) is 2. The van der Waals surface area contributed by atoms with E-state index in [4.69, 9.17) is 4.74 Å². The van der Waals surface area contributed by atoms with Crippen molar-refractivity contribution in [3.63, 3.8) is 0 Å². The maximum atomic E-state index is 12.7. The van der Waals surface area contributed by atoms with Crippen LogP contribution in [0.25, 0.3) is 10.9 Å². The Morgan fingerprint density at radius 2 is 1.96 bits per heavy atom. The number of nitrogens with zero attached hydrogens (tertiary/aromatic N) is 1. The van der Waals surface area contributed by atoms with Crippen molar-refractivity contribution in [2.45, 2.75) is 19.4 Å². The molecule has 5 heteroatoms. The van der Waals surface area contributed by atoms with E-state index in [2.05, 4.69) is 35.4 Å². The van der Waals surface area contributed by atoms with Crippen LogP contribution in [-0.2, 0) is 6.42 Å². The van der Waals surface area contributed by atoms with Crippen molar-refractivity contribution in [1.29, 1.82) is 0 Å². The second-order valence-corrected chi connectivity index (χ2v) is 6.34. The predicted octanol–water partition coefficient (Wildman–Crippen LogP) is 4.33. The number of benzene rings is 2. The molecule has 2 heterocycles. The van der Waals surface area contributed by atoms with Gasteiger partial charge in [0.25, 0.3) is 0 Å². The summed E-state index contributed by atoms with van der Waals surface area (Å²) in [6, 6.07) is 15.6. The van der Waals surface area contributed by atoms with E-state index in [0.29, 0.717) is 6.54 Å². The monoisotopic (exact) mass is 335 g/mol. The summed E-state index contributed by atoms with van der Waals surface area (Å²) in [7, 11) is 1.63. The second kappa shape index (κ2) is 6.16. The van der Waals surface area contributed by atoms with Crippen LogP contribution >= 0.6 is 0 Å². The highest BCUT2D eigenvalue weighted by Crippen LogP contribution is 2.34. The van der Waals surface area contributed by atoms with Crippen molar-refractivity contribution in [3.05, 3.63) is 59.8 Å². The Labute approximate surface area is 146 Å². The molecule has 1 atom stereocenters. The summed E-state index contributed by atoms with van der Waals surface area (Å²) >= 11 is 0. The van der Waals surface area contributed by atoms with Gasteiger partial charge in [-0.1, -0.05) is 18.2 Å². The number of anilines is 1. The zero-order valence-electron chi connectivity index (χ0n) is 14.4. The molecule has 25 heavy (non-hydrogen) atoms. The lowest BCUT2D eigenvalue weighted by Gasteiger charge is -2.33. The Hall–Kier alpha value is -2.95. The molecule has 5 nitrogen and oxygen atoms in total. The van der Waals surface area contributed by atoms with Crippen molar-refractivity contribution >= 4 is 22.6 Å². The van der Waals surface area contributed by atoms with Crippen LogP contribution in [0.4, 0.5) is 10.5 Å². The van der Waals surface area contributed by atoms with E-state index in [9.17, 15) is 4.79 Å². The van der Waals surface area contributed by atoms with E-state index >= 15 is 0 Å². The Balaban J connectivity index is 1.56. The van der Waals surface area contributed by atoms with E-state index in [1.54, 1.807) is 7.11 Å². The summed E-state index contributed by atoms with van der Waals surface area (Å²) in [4.78, 5) is 18.1. The number of H-pyrrole nitrogens is 1. The highest BCUT2D eigenvalue weighted by Gasteiger charge is 2.30. The third kappa shape index (κ3) is 2.71. The van der Waals surface area contributed by atoms with Gasteiger partial charge >= 0.3 is 6.03 Å². The third-order valence-corrected chi connectivity index (χ3v) is 4.94. The van der Waals surface area contributed by atoms with E-state index in [1.165, 1.54) is 10.9 Å². The number of methoxy groups -OCH3 is 1. The molecular weight excluding hydrogens is 314 g/mol. The van der Waals surface area contributed by atoms with E-state index in [-0.39, 0.29) is 12.1 Å². The number of urea groups is 1. The summed E-state index contributed by atoms with van der Waals surface area (Å²) in [6.07, 6.45) is 0.861. The van der Waals surface area contributed by atoms with Crippen LogP contribution in [0.5, 0.6) is 5.75 Å². The third-order valence-electron chi connectivity index (χ3n) is 4.94. The number of hydrogen-bond acceptors (Lipinski definition) is 2. The minimum atomic E-state index is -0.0815. The minimum Gasteiger partial charge on any atom is -0.497 e. The molecule has 1 aliphatic rings. The van der Waals surface area contributed by atoms with Crippen LogP contribution in [0.3, 0.4) is 0 Å². The molecule has 0 unspecified atom stereocenters. The first-order valence-electron chi connectivity index (χ1n) is 8.48. The Morgan fingerprint density at radius 1 is 1.20 bits per heavy atom. The maximum absolute atomic E-state index is 12.7. The van der Waals surface area contributed by atoms with Crippen LogP contribution in [0.15, 0.2) is 48.5 Å². The van der Waals surface area contributed by atoms with Crippen LogP contribution in [0.1, 0.15) is 24.2 Å². The lowest BCUT2D eigenvalue weighted by Crippen LogP contribution is -2.41. The molecule has 2 N–H and O–H groups in total. The van der Waals surface area contributed by atoms with Gasteiger partial charge in [0.1, 0.15) is 5.75 Å². The molecule has 1 aromatic heterocycles. The van der Waals surface area contributed by atoms with E-state index in [1.807, 2.05) is 35.2 Å². The summed E-state index contributed by atoms with van der Waals surface area (Å²) in [6.45, 7) is 2.78. The Kier molecular flexibility index (Phi) is 3.84. The number of carbonyl (C=O) groups is 1. The Morgan fingerprint density at radius 3 is 2.72 bits per heavy atom. The van der Waals surface area contributed by atoms with Gasteiger partial charge in [-0.25, -0.2) is 4.79 Å². The summed E-state index contributed by atoms with van der Waals surface area (Å²) in [5.41, 5.74) is 4.37. The zero-order valence-corrected chi connectivity index (χ0v) is 14.4. The normalized spacial score (nSPS) is 16.6. The lowest BCUT2D eigenvalue weighted by molar-refractivity contribution is 0.187.